The third-order valence-electron chi connectivity index (χ3n) is 6.64. The Balaban J connectivity index is 1.93. The van der Waals surface area contributed by atoms with Crippen molar-refractivity contribution in [2.45, 2.75) is 56.9 Å². The molecule has 1 aromatic heterocycles. The maximum Gasteiger partial charge on any atom is 0.416 e. The van der Waals surface area contributed by atoms with E-state index in [9.17, 15) is 49.4 Å². The summed E-state index contributed by atoms with van der Waals surface area (Å²) in [6, 6.07) is 1.31. The molecular formula is C24H21F9N6O2. The molecule has 0 saturated carbocycles. The summed E-state index contributed by atoms with van der Waals surface area (Å²) in [7, 11) is 1.33. The topological polar surface area (TPSA) is 87.4 Å². The molecule has 1 aliphatic heterocycles. The quantitative estimate of drug-likeness (QED) is 0.331. The van der Waals surface area contributed by atoms with Gasteiger partial charge in [0.15, 0.2) is 0 Å². The van der Waals surface area contributed by atoms with E-state index in [1.165, 1.54) is 7.05 Å². The molecule has 4 rings (SSSR count). The van der Waals surface area contributed by atoms with E-state index in [4.69, 9.17) is 0 Å². The van der Waals surface area contributed by atoms with Crippen LogP contribution in [-0.4, -0.2) is 37.4 Å². The Labute approximate surface area is 226 Å². The molecule has 0 radical (unpaired) electrons. The molecule has 2 aromatic carbocycles. The van der Waals surface area contributed by atoms with Crippen molar-refractivity contribution in [3.63, 3.8) is 0 Å². The first kappa shape index (κ1) is 29.9. The lowest BCUT2D eigenvalue weighted by Gasteiger charge is -2.43. The Bertz CT molecular complexity index is 1400. The van der Waals surface area contributed by atoms with Gasteiger partial charge in [0.2, 0.25) is 0 Å². The van der Waals surface area contributed by atoms with Crippen molar-refractivity contribution >= 4 is 17.7 Å². The van der Waals surface area contributed by atoms with Crippen molar-refractivity contribution < 1.29 is 49.4 Å². The van der Waals surface area contributed by atoms with Crippen LogP contribution in [-0.2, 0) is 32.1 Å². The van der Waals surface area contributed by atoms with Gasteiger partial charge in [0, 0.05) is 12.6 Å². The Hall–Kier alpha value is -4.05. The number of carboxylic acid groups (broad SMARTS) is 1. The summed E-state index contributed by atoms with van der Waals surface area (Å²) in [5.41, 5.74) is -5.08. The number of tetrazole rings is 1. The van der Waals surface area contributed by atoms with E-state index in [-0.39, 0.29) is 36.1 Å². The summed E-state index contributed by atoms with van der Waals surface area (Å²) in [5.74, 6) is -0.300. The van der Waals surface area contributed by atoms with E-state index in [2.05, 4.69) is 15.4 Å². The molecule has 1 N–H and O–H groups in total. The molecule has 222 valence electrons. The van der Waals surface area contributed by atoms with E-state index in [0.29, 0.717) is 24.3 Å². The lowest BCUT2D eigenvalue weighted by atomic mass is 9.87. The normalized spacial score (nSPS) is 17.9. The number of amides is 1. The molecule has 2 atom stereocenters. The highest BCUT2D eigenvalue weighted by Gasteiger charge is 2.42. The standard InChI is InChI=1S/C24H21F9N6O2/c1-3-16-10-19(17-9-13(22(25,26)27)4-5-18(17)39(16)21(40)41)38(20-34-36-37(2)35-20)11-12-6-14(23(28,29)30)8-15(7-12)24(31,32)33/h4-9,16,19H,3,10-11H2,1-2H3,(H,40,41)/t16-,19+/m1/s1. The van der Waals surface area contributed by atoms with Crippen LogP contribution in [0.3, 0.4) is 0 Å². The lowest BCUT2D eigenvalue weighted by molar-refractivity contribution is -0.143. The van der Waals surface area contributed by atoms with Crippen molar-refractivity contribution in [2.24, 2.45) is 7.05 Å². The van der Waals surface area contributed by atoms with Gasteiger partial charge in [-0.2, -0.15) is 44.3 Å². The van der Waals surface area contributed by atoms with Crippen LogP contribution in [0.5, 0.6) is 0 Å². The number of carbonyl (C=O) groups is 1. The molecule has 17 heteroatoms. The van der Waals surface area contributed by atoms with Gasteiger partial charge in [-0.15, -0.1) is 5.10 Å². The number of anilines is 2. The van der Waals surface area contributed by atoms with E-state index < -0.39 is 65.5 Å². The fourth-order valence-corrected chi connectivity index (χ4v) is 4.82. The number of halogens is 9. The van der Waals surface area contributed by atoms with Crippen molar-refractivity contribution in [3.05, 3.63) is 64.2 Å². The van der Waals surface area contributed by atoms with Crippen LogP contribution in [0.4, 0.5) is 55.9 Å². The second-order valence-electron chi connectivity index (χ2n) is 9.36. The monoisotopic (exact) mass is 596 g/mol. The highest BCUT2D eigenvalue weighted by atomic mass is 19.4. The van der Waals surface area contributed by atoms with Crippen LogP contribution in [0, 0.1) is 0 Å². The molecule has 0 aliphatic carbocycles. The number of nitrogens with zero attached hydrogens (tertiary/aromatic N) is 6. The van der Waals surface area contributed by atoms with Crippen LogP contribution >= 0.6 is 0 Å². The average molecular weight is 596 g/mol. The van der Waals surface area contributed by atoms with E-state index in [0.717, 1.165) is 20.7 Å². The van der Waals surface area contributed by atoms with E-state index >= 15 is 0 Å². The van der Waals surface area contributed by atoms with Gasteiger partial charge in [0.1, 0.15) is 0 Å². The second-order valence-corrected chi connectivity index (χ2v) is 9.36. The maximum atomic E-state index is 13.7. The van der Waals surface area contributed by atoms with Crippen molar-refractivity contribution in [3.8, 4) is 0 Å². The third-order valence-corrected chi connectivity index (χ3v) is 6.64. The van der Waals surface area contributed by atoms with Crippen LogP contribution in [0.25, 0.3) is 0 Å². The summed E-state index contributed by atoms with van der Waals surface area (Å²) in [5, 5.41) is 21.3. The summed E-state index contributed by atoms with van der Waals surface area (Å²) in [6.07, 6.45) is -16.6. The van der Waals surface area contributed by atoms with E-state index in [1.807, 2.05) is 0 Å². The molecule has 41 heavy (non-hydrogen) atoms. The largest absolute Gasteiger partial charge is 0.465 e. The van der Waals surface area contributed by atoms with Crippen molar-refractivity contribution in [1.29, 1.82) is 0 Å². The molecule has 1 amide bonds. The van der Waals surface area contributed by atoms with Gasteiger partial charge in [-0.3, -0.25) is 4.90 Å². The molecule has 0 unspecified atom stereocenters. The highest BCUT2D eigenvalue weighted by molar-refractivity contribution is 5.89. The molecule has 3 aromatic rings. The smallest absolute Gasteiger partial charge is 0.416 e. The number of alkyl halides is 9. The molecule has 1 aliphatic rings. The maximum absolute atomic E-state index is 13.7. The van der Waals surface area contributed by atoms with E-state index in [1.54, 1.807) is 6.92 Å². The van der Waals surface area contributed by atoms with Crippen LogP contribution < -0.4 is 9.80 Å². The predicted octanol–water partition coefficient (Wildman–Crippen LogP) is 6.68. The number of aromatic nitrogens is 4. The Morgan fingerprint density at radius 1 is 0.951 bits per heavy atom. The minimum Gasteiger partial charge on any atom is -0.465 e. The third kappa shape index (κ3) is 6.17. The molecular weight excluding hydrogens is 575 g/mol. The minimum atomic E-state index is -5.14. The molecule has 0 spiro atoms. The highest BCUT2D eigenvalue weighted by Crippen LogP contribution is 2.46. The van der Waals surface area contributed by atoms with Crippen molar-refractivity contribution in [1.82, 2.24) is 20.2 Å². The number of hydrogen-bond donors (Lipinski definition) is 1. The lowest BCUT2D eigenvalue weighted by Crippen LogP contribution is -2.47. The first-order valence-electron chi connectivity index (χ1n) is 11.9. The van der Waals surface area contributed by atoms with Crippen LogP contribution in [0.1, 0.15) is 53.6 Å². The molecule has 8 nitrogen and oxygen atoms in total. The summed E-state index contributed by atoms with van der Waals surface area (Å²) < 4.78 is 122. The summed E-state index contributed by atoms with van der Waals surface area (Å²) >= 11 is 0. The second kappa shape index (κ2) is 10.4. The Morgan fingerprint density at radius 2 is 1.54 bits per heavy atom. The van der Waals surface area contributed by atoms with Gasteiger partial charge in [0.05, 0.1) is 35.5 Å². The number of rotatable bonds is 5. The zero-order valence-electron chi connectivity index (χ0n) is 21.2. The average Bonchev–Trinajstić information content (AvgIpc) is 3.30. The minimum absolute atomic E-state index is 0.0439. The molecule has 2 heterocycles. The number of fused-ring (bicyclic) bond motifs is 1. The zero-order chi connectivity index (χ0) is 30.5. The number of aryl methyl sites for hydroxylation is 1. The Morgan fingerprint density at radius 3 is 2.00 bits per heavy atom. The SMILES string of the molecule is CC[C@@H]1C[C@H](N(Cc2cc(C(F)(F)F)cc(C(F)(F)F)c2)c2nnn(C)n2)c2cc(C(F)(F)F)ccc2N1C(=O)O. The van der Waals surface area contributed by atoms with Gasteiger partial charge < -0.3 is 10.0 Å². The summed E-state index contributed by atoms with van der Waals surface area (Å²) in [4.78, 5) is 15.1. The molecule has 0 fully saturated rings. The number of benzene rings is 2. The molecule has 0 bridgehead atoms. The fourth-order valence-electron chi connectivity index (χ4n) is 4.82. The first-order chi connectivity index (χ1) is 18.9. The Kier molecular flexibility index (Phi) is 7.60. The predicted molar refractivity (Wildman–Crippen MR) is 125 cm³/mol. The van der Waals surface area contributed by atoms with Gasteiger partial charge in [-0.1, -0.05) is 12.0 Å². The van der Waals surface area contributed by atoms with Gasteiger partial charge in [-0.05, 0) is 65.6 Å². The number of hydrogen-bond acceptors (Lipinski definition) is 5. The van der Waals surface area contributed by atoms with Gasteiger partial charge in [0.25, 0.3) is 5.95 Å². The summed E-state index contributed by atoms with van der Waals surface area (Å²) in [6.45, 7) is 0.919. The molecule has 0 saturated heterocycles. The van der Waals surface area contributed by atoms with Crippen LogP contribution in [0.2, 0.25) is 0 Å². The zero-order valence-corrected chi connectivity index (χ0v) is 21.2. The fraction of sp³-hybridized carbons (Fsp3) is 0.417. The van der Waals surface area contributed by atoms with Crippen LogP contribution in [0.15, 0.2) is 36.4 Å². The first-order valence-corrected chi connectivity index (χ1v) is 11.9. The van der Waals surface area contributed by atoms with Gasteiger partial charge >= 0.3 is 24.6 Å². The van der Waals surface area contributed by atoms with Crippen molar-refractivity contribution in [2.75, 3.05) is 9.80 Å². The van der Waals surface area contributed by atoms with Gasteiger partial charge in [-0.25, -0.2) is 4.79 Å².